The fourth-order valence-corrected chi connectivity index (χ4v) is 4.93. The molecule has 8 nitrogen and oxygen atoms in total. The van der Waals surface area contributed by atoms with Crippen molar-refractivity contribution >= 4 is 23.2 Å². The summed E-state index contributed by atoms with van der Waals surface area (Å²) in [5.74, 6) is 2.02. The number of nitrogens with zero attached hydrogens (tertiary/aromatic N) is 5. The van der Waals surface area contributed by atoms with E-state index in [-0.39, 0.29) is 5.91 Å². The number of hydrogen-bond donors (Lipinski definition) is 1. The summed E-state index contributed by atoms with van der Waals surface area (Å²) >= 11 is 0. The molecule has 1 aromatic carbocycles. The molecule has 1 saturated heterocycles. The van der Waals surface area contributed by atoms with E-state index in [9.17, 15) is 4.79 Å². The van der Waals surface area contributed by atoms with E-state index in [1.807, 2.05) is 11.9 Å². The molecule has 2 aromatic rings. The van der Waals surface area contributed by atoms with Crippen molar-refractivity contribution in [2.75, 3.05) is 45.3 Å². The number of aliphatic imine (C=N–C) groups is 1. The summed E-state index contributed by atoms with van der Waals surface area (Å²) in [5, 5.41) is 8.28. The predicted molar refractivity (Wildman–Crippen MR) is 120 cm³/mol. The predicted octanol–water partition coefficient (Wildman–Crippen LogP) is 2.04. The molecule has 0 saturated carbocycles. The van der Waals surface area contributed by atoms with Crippen LogP contribution in [0.5, 0.6) is 0 Å². The molecular formula is C23H30N6O2. The minimum absolute atomic E-state index is 0.124. The van der Waals surface area contributed by atoms with E-state index in [1.54, 1.807) is 14.0 Å². The third-order valence-electron chi connectivity index (χ3n) is 6.66. The van der Waals surface area contributed by atoms with Crippen molar-refractivity contribution in [2.24, 2.45) is 4.99 Å². The van der Waals surface area contributed by atoms with Crippen molar-refractivity contribution in [3.05, 3.63) is 40.6 Å². The number of aromatic nitrogens is 2. The molecular weight excluding hydrogens is 392 g/mol. The lowest BCUT2D eigenvalue weighted by Crippen LogP contribution is -2.37. The fourth-order valence-electron chi connectivity index (χ4n) is 4.93. The lowest BCUT2D eigenvalue weighted by Gasteiger charge is -2.33. The van der Waals surface area contributed by atoms with Gasteiger partial charge in [-0.3, -0.25) is 14.5 Å². The molecule has 1 aromatic heterocycles. The third-order valence-corrected chi connectivity index (χ3v) is 6.66. The number of fused-ring (bicyclic) bond motifs is 2. The molecule has 0 spiro atoms. The Bertz CT molecular complexity index is 1040. The smallest absolute Gasteiger partial charge is 0.219 e. The summed E-state index contributed by atoms with van der Waals surface area (Å²) in [6.45, 7) is 5.40. The average molecular weight is 423 g/mol. The van der Waals surface area contributed by atoms with Gasteiger partial charge in [0.05, 0.1) is 25.8 Å². The molecule has 1 fully saturated rings. The first-order valence-corrected chi connectivity index (χ1v) is 11.1. The van der Waals surface area contributed by atoms with Crippen molar-refractivity contribution in [1.29, 1.82) is 0 Å². The van der Waals surface area contributed by atoms with Crippen LogP contribution in [0.4, 0.5) is 11.5 Å². The number of ether oxygens (including phenoxy) is 1. The number of rotatable bonds is 3. The molecule has 8 heteroatoms. The van der Waals surface area contributed by atoms with Gasteiger partial charge in [-0.1, -0.05) is 0 Å². The van der Waals surface area contributed by atoms with Crippen molar-refractivity contribution in [3.8, 4) is 0 Å². The van der Waals surface area contributed by atoms with E-state index >= 15 is 0 Å². The summed E-state index contributed by atoms with van der Waals surface area (Å²) in [5.41, 5.74) is 6.08. The van der Waals surface area contributed by atoms with Crippen molar-refractivity contribution < 1.29 is 9.53 Å². The van der Waals surface area contributed by atoms with E-state index in [0.717, 1.165) is 49.6 Å². The van der Waals surface area contributed by atoms with Crippen LogP contribution in [0.25, 0.3) is 0 Å². The summed E-state index contributed by atoms with van der Waals surface area (Å²) in [7, 11) is 3.71. The number of carbonyl (C=O) groups excluding carboxylic acids is 1. The molecule has 3 aliphatic heterocycles. The summed E-state index contributed by atoms with van der Waals surface area (Å²) in [6.07, 6.45) is 2.95. The van der Waals surface area contributed by atoms with E-state index in [0.29, 0.717) is 25.8 Å². The Morgan fingerprint density at radius 2 is 2.10 bits per heavy atom. The third kappa shape index (κ3) is 3.39. The van der Waals surface area contributed by atoms with E-state index < -0.39 is 0 Å². The first kappa shape index (κ1) is 20.1. The van der Waals surface area contributed by atoms with Crippen molar-refractivity contribution in [1.82, 2.24) is 20.0 Å². The van der Waals surface area contributed by atoms with Crippen LogP contribution in [0, 0.1) is 0 Å². The zero-order chi connectivity index (χ0) is 21.5. The van der Waals surface area contributed by atoms with Gasteiger partial charge in [0.25, 0.3) is 0 Å². The zero-order valence-electron chi connectivity index (χ0n) is 18.5. The van der Waals surface area contributed by atoms with Gasteiger partial charge in [-0.15, -0.1) is 0 Å². The Kier molecular flexibility index (Phi) is 5.17. The molecule has 0 atom stereocenters. The second-order valence-corrected chi connectivity index (χ2v) is 8.50. The zero-order valence-corrected chi connectivity index (χ0v) is 18.5. The Morgan fingerprint density at radius 1 is 1.26 bits per heavy atom. The highest BCUT2D eigenvalue weighted by molar-refractivity contribution is 5.99. The Balaban J connectivity index is 1.57. The highest BCUT2D eigenvalue weighted by atomic mass is 16.5. The molecule has 164 valence electrons. The number of hydrogen-bond acceptors (Lipinski definition) is 5. The molecule has 0 aliphatic carbocycles. The van der Waals surface area contributed by atoms with Crippen LogP contribution in [0.2, 0.25) is 0 Å². The molecule has 0 bridgehead atoms. The van der Waals surface area contributed by atoms with Crippen LogP contribution in [0.1, 0.15) is 41.8 Å². The van der Waals surface area contributed by atoms with E-state index in [1.165, 1.54) is 22.5 Å². The first-order chi connectivity index (χ1) is 15.1. The number of aryl methyl sites for hydroxylation is 1. The van der Waals surface area contributed by atoms with Crippen LogP contribution in [-0.2, 0) is 28.9 Å². The molecule has 1 amide bonds. The second kappa shape index (κ2) is 8.00. The van der Waals surface area contributed by atoms with Gasteiger partial charge in [-0.05, 0) is 36.6 Å². The molecule has 4 heterocycles. The maximum absolute atomic E-state index is 12.1. The van der Waals surface area contributed by atoms with Gasteiger partial charge in [0.2, 0.25) is 5.91 Å². The summed E-state index contributed by atoms with van der Waals surface area (Å²) in [4.78, 5) is 20.7. The largest absolute Gasteiger partial charge is 0.377 e. The van der Waals surface area contributed by atoms with Gasteiger partial charge >= 0.3 is 0 Å². The molecule has 0 unspecified atom stereocenters. The van der Waals surface area contributed by atoms with E-state index in [2.05, 4.69) is 38.1 Å². The maximum atomic E-state index is 12.1. The molecule has 3 aliphatic rings. The highest BCUT2D eigenvalue weighted by Crippen LogP contribution is 2.39. The van der Waals surface area contributed by atoms with Gasteiger partial charge in [-0.2, -0.15) is 5.10 Å². The summed E-state index contributed by atoms with van der Waals surface area (Å²) < 4.78 is 7.63. The number of amidine groups is 1. The lowest BCUT2D eigenvalue weighted by atomic mass is 9.97. The maximum Gasteiger partial charge on any atom is 0.219 e. The standard InChI is InChI=1S/C23H30N6O2/c1-15(30)27-10-8-21-19(12-27)23(26-29(21)18-13-31-14-18)28-9-4-5-16-11-17(6-7-20(16)28)22(24-2)25-3/h6-7,11,18H,4-5,8-10,12-14H2,1-3H3,(H,24,25). The topological polar surface area (TPSA) is 75.0 Å². The first-order valence-electron chi connectivity index (χ1n) is 11.1. The van der Waals surface area contributed by atoms with Crippen LogP contribution in [-0.4, -0.2) is 66.8 Å². The minimum Gasteiger partial charge on any atom is -0.377 e. The van der Waals surface area contributed by atoms with Gasteiger partial charge in [0.15, 0.2) is 5.82 Å². The Labute approximate surface area is 182 Å². The SMILES string of the molecule is C/N=C(\NC)c1ccc2c(c1)CCCN2c1nn(C2COC2)c2c1CN(C(C)=O)CC2. The van der Waals surface area contributed by atoms with Crippen LogP contribution >= 0.6 is 0 Å². The second-order valence-electron chi connectivity index (χ2n) is 8.50. The molecule has 0 radical (unpaired) electrons. The molecule has 1 N–H and O–H groups in total. The monoisotopic (exact) mass is 422 g/mol. The van der Waals surface area contributed by atoms with Gasteiger partial charge in [-0.25, -0.2) is 0 Å². The minimum atomic E-state index is 0.124. The highest BCUT2D eigenvalue weighted by Gasteiger charge is 2.34. The average Bonchev–Trinajstić information content (AvgIpc) is 3.11. The number of anilines is 2. The fraction of sp³-hybridized carbons (Fsp3) is 0.522. The quantitative estimate of drug-likeness (QED) is 0.605. The van der Waals surface area contributed by atoms with Crippen molar-refractivity contribution in [2.45, 2.75) is 38.8 Å². The molecule has 31 heavy (non-hydrogen) atoms. The Morgan fingerprint density at radius 3 is 2.77 bits per heavy atom. The number of nitrogens with one attached hydrogen (secondary N) is 1. The lowest BCUT2D eigenvalue weighted by molar-refractivity contribution is -0.129. The number of carbonyl (C=O) groups is 1. The van der Waals surface area contributed by atoms with Gasteiger partial charge < -0.3 is 19.9 Å². The van der Waals surface area contributed by atoms with Crippen LogP contribution < -0.4 is 10.2 Å². The van der Waals surface area contributed by atoms with Crippen molar-refractivity contribution in [3.63, 3.8) is 0 Å². The normalized spacial score (nSPS) is 19.0. The van der Waals surface area contributed by atoms with Crippen LogP contribution in [0.15, 0.2) is 23.2 Å². The summed E-state index contributed by atoms with van der Waals surface area (Å²) in [6, 6.07) is 6.86. The number of amides is 1. The van der Waals surface area contributed by atoms with E-state index in [4.69, 9.17) is 9.84 Å². The molecule has 5 rings (SSSR count). The Hall–Kier alpha value is -2.87. The van der Waals surface area contributed by atoms with Crippen LogP contribution in [0.3, 0.4) is 0 Å². The van der Waals surface area contributed by atoms with Gasteiger partial charge in [0.1, 0.15) is 5.84 Å². The number of benzene rings is 1. The van der Waals surface area contributed by atoms with Gasteiger partial charge in [0, 0.05) is 63.0 Å².